The Balaban J connectivity index is 2.22. The van der Waals surface area contributed by atoms with E-state index in [9.17, 15) is 9.59 Å². The Hall–Kier alpha value is -3.08. The fourth-order valence-corrected chi connectivity index (χ4v) is 2.07. The highest BCUT2D eigenvalue weighted by atomic mass is 16.1. The Bertz CT molecular complexity index is 712. The van der Waals surface area contributed by atoms with Gasteiger partial charge < -0.3 is 16.4 Å². The lowest BCUT2D eigenvalue weighted by Crippen LogP contribution is -2.24. The molecule has 5 nitrogen and oxygen atoms in total. The van der Waals surface area contributed by atoms with Gasteiger partial charge in [0, 0.05) is 23.0 Å². The summed E-state index contributed by atoms with van der Waals surface area (Å²) in [6.45, 7) is 5.77. The van der Waals surface area contributed by atoms with Gasteiger partial charge in [0.05, 0.1) is 5.70 Å². The van der Waals surface area contributed by atoms with Gasteiger partial charge in [0.25, 0.3) is 5.91 Å². The number of anilines is 1. The highest BCUT2D eigenvalue weighted by Crippen LogP contribution is 2.10. The zero-order valence-corrected chi connectivity index (χ0v) is 12.9. The second-order valence-corrected chi connectivity index (χ2v) is 5.26. The van der Waals surface area contributed by atoms with Crippen LogP contribution in [0.4, 0.5) is 5.69 Å². The van der Waals surface area contributed by atoms with E-state index in [1.165, 1.54) is 0 Å². The second kappa shape index (κ2) is 7.26. The Morgan fingerprint density at radius 3 is 2.65 bits per heavy atom. The van der Waals surface area contributed by atoms with Gasteiger partial charge in [0.15, 0.2) is 6.29 Å². The Labute approximate surface area is 135 Å². The number of nitrogens with two attached hydrogens (primary N) is 1. The van der Waals surface area contributed by atoms with Crippen LogP contribution in [0.15, 0.2) is 72.1 Å². The minimum absolute atomic E-state index is 0.0609. The van der Waals surface area contributed by atoms with Crippen molar-refractivity contribution in [3.05, 3.63) is 77.7 Å². The number of nitrogen functional groups attached to an aromatic ring is 1. The average molecular weight is 309 g/mol. The lowest BCUT2D eigenvalue weighted by atomic mass is 10.1. The van der Waals surface area contributed by atoms with Crippen LogP contribution in [0, 0.1) is 0 Å². The lowest BCUT2D eigenvalue weighted by molar-refractivity contribution is -0.105. The first-order chi connectivity index (χ1) is 11.0. The summed E-state index contributed by atoms with van der Waals surface area (Å²) in [5.74, 6) is -0.242. The van der Waals surface area contributed by atoms with Crippen molar-refractivity contribution in [2.45, 2.75) is 13.0 Å². The molecule has 0 fully saturated rings. The number of benzene rings is 1. The van der Waals surface area contributed by atoms with E-state index in [2.05, 4.69) is 17.2 Å². The number of carbonyl (C=O) groups is 2. The molecular formula is C18H19N3O2. The highest BCUT2D eigenvalue weighted by molar-refractivity contribution is 5.95. The number of rotatable bonds is 3. The van der Waals surface area contributed by atoms with Gasteiger partial charge in [0.1, 0.15) is 0 Å². The first kappa shape index (κ1) is 16.3. The topological polar surface area (TPSA) is 84.2 Å². The maximum atomic E-state index is 12.3. The number of amides is 1. The van der Waals surface area contributed by atoms with Gasteiger partial charge in [0.2, 0.25) is 0 Å². The highest BCUT2D eigenvalue weighted by Gasteiger charge is 2.08. The zero-order chi connectivity index (χ0) is 16.8. The van der Waals surface area contributed by atoms with E-state index in [1.54, 1.807) is 42.5 Å². The predicted molar refractivity (Wildman–Crippen MR) is 91.4 cm³/mol. The van der Waals surface area contributed by atoms with Crippen LogP contribution < -0.4 is 16.4 Å². The SMILES string of the molecule is C=C1C=C(NC(=O)c2ccc(N)cc2)/C=C\C(C)N/C(C=O)=C\1. The minimum atomic E-state index is -0.242. The standard InChI is InChI=1S/C18H19N3O2/c1-12-9-16(8-3-13(2)20-17(10-12)11-22)21-18(23)14-4-6-15(19)7-5-14/h3-11,13,20H,1,19H2,2H3,(H,21,23)/b8-3-,16-9?,17-10-. The predicted octanol–water partition coefficient (Wildman–Crippen LogP) is 2.07. The van der Waals surface area contributed by atoms with Crippen molar-refractivity contribution in [2.75, 3.05) is 5.73 Å². The third kappa shape index (κ3) is 4.71. The molecule has 1 aliphatic rings. The van der Waals surface area contributed by atoms with E-state index in [-0.39, 0.29) is 11.9 Å². The molecule has 0 bridgehead atoms. The summed E-state index contributed by atoms with van der Waals surface area (Å²) in [5.41, 5.74) is 8.36. The van der Waals surface area contributed by atoms with Crippen LogP contribution in [0.5, 0.6) is 0 Å². The van der Waals surface area contributed by atoms with E-state index < -0.39 is 0 Å². The van der Waals surface area contributed by atoms with Crippen molar-refractivity contribution in [1.29, 1.82) is 0 Å². The van der Waals surface area contributed by atoms with E-state index in [1.807, 2.05) is 13.0 Å². The van der Waals surface area contributed by atoms with Crippen LogP contribution in [0.25, 0.3) is 0 Å². The molecule has 4 N–H and O–H groups in total. The van der Waals surface area contributed by atoms with Crippen LogP contribution in [-0.2, 0) is 4.79 Å². The third-order valence-electron chi connectivity index (χ3n) is 3.20. The monoisotopic (exact) mass is 309 g/mol. The Morgan fingerprint density at radius 2 is 2.00 bits per heavy atom. The molecule has 1 unspecified atom stereocenters. The average Bonchev–Trinajstić information content (AvgIpc) is 2.58. The fourth-order valence-electron chi connectivity index (χ4n) is 2.07. The normalized spacial score (nSPS) is 21.4. The van der Waals surface area contributed by atoms with Crippen LogP contribution in [0.1, 0.15) is 17.3 Å². The summed E-state index contributed by atoms with van der Waals surface area (Å²) in [6.07, 6.45) is 7.70. The number of nitrogens with one attached hydrogen (secondary N) is 2. The summed E-state index contributed by atoms with van der Waals surface area (Å²) in [4.78, 5) is 23.3. The van der Waals surface area contributed by atoms with Crippen LogP contribution >= 0.6 is 0 Å². The van der Waals surface area contributed by atoms with Gasteiger partial charge in [-0.3, -0.25) is 9.59 Å². The van der Waals surface area contributed by atoms with Gasteiger partial charge in [-0.15, -0.1) is 0 Å². The third-order valence-corrected chi connectivity index (χ3v) is 3.20. The molecule has 0 aliphatic carbocycles. The fraction of sp³-hybridized carbons (Fsp3) is 0.111. The number of carbonyl (C=O) groups excluding carboxylic acids is 2. The molecule has 0 saturated heterocycles. The summed E-state index contributed by atoms with van der Waals surface area (Å²) < 4.78 is 0. The molecule has 1 heterocycles. The smallest absolute Gasteiger partial charge is 0.255 e. The van der Waals surface area contributed by atoms with E-state index in [0.29, 0.717) is 28.2 Å². The summed E-state index contributed by atoms with van der Waals surface area (Å²) in [7, 11) is 0. The number of aldehydes is 1. The molecule has 0 radical (unpaired) electrons. The van der Waals surface area contributed by atoms with Crippen molar-refractivity contribution in [2.24, 2.45) is 0 Å². The number of allylic oxidation sites excluding steroid dienone is 5. The quantitative estimate of drug-likeness (QED) is 0.589. The Kier molecular flexibility index (Phi) is 5.15. The van der Waals surface area contributed by atoms with E-state index >= 15 is 0 Å². The molecule has 1 atom stereocenters. The summed E-state index contributed by atoms with van der Waals surface area (Å²) in [5, 5.41) is 5.86. The van der Waals surface area contributed by atoms with Gasteiger partial charge in [-0.2, -0.15) is 0 Å². The number of hydrogen-bond donors (Lipinski definition) is 3. The molecular weight excluding hydrogens is 290 g/mol. The molecule has 5 heteroatoms. The van der Waals surface area contributed by atoms with Crippen molar-refractivity contribution in [3.8, 4) is 0 Å². The van der Waals surface area contributed by atoms with Crippen molar-refractivity contribution in [3.63, 3.8) is 0 Å². The van der Waals surface area contributed by atoms with Gasteiger partial charge in [-0.1, -0.05) is 12.7 Å². The summed E-state index contributed by atoms with van der Waals surface area (Å²) in [6, 6.07) is 6.61. The molecule has 0 aromatic heterocycles. The maximum absolute atomic E-state index is 12.3. The zero-order valence-electron chi connectivity index (χ0n) is 12.9. The Morgan fingerprint density at radius 1 is 1.30 bits per heavy atom. The van der Waals surface area contributed by atoms with Crippen LogP contribution in [0.3, 0.4) is 0 Å². The molecule has 1 aromatic rings. The molecule has 118 valence electrons. The van der Waals surface area contributed by atoms with Gasteiger partial charge in [-0.05, 0) is 55.0 Å². The minimum Gasteiger partial charge on any atom is -0.399 e. The van der Waals surface area contributed by atoms with E-state index in [4.69, 9.17) is 5.73 Å². The van der Waals surface area contributed by atoms with Crippen LogP contribution in [-0.4, -0.2) is 18.2 Å². The molecule has 2 rings (SSSR count). The number of hydrogen-bond acceptors (Lipinski definition) is 4. The van der Waals surface area contributed by atoms with Crippen molar-refractivity contribution >= 4 is 17.9 Å². The van der Waals surface area contributed by atoms with Gasteiger partial charge >= 0.3 is 0 Å². The molecule has 0 saturated carbocycles. The van der Waals surface area contributed by atoms with Gasteiger partial charge in [-0.25, -0.2) is 0 Å². The first-order valence-electron chi connectivity index (χ1n) is 7.17. The molecule has 23 heavy (non-hydrogen) atoms. The second-order valence-electron chi connectivity index (χ2n) is 5.26. The van der Waals surface area contributed by atoms with E-state index in [0.717, 1.165) is 6.29 Å². The lowest BCUT2D eigenvalue weighted by Gasteiger charge is -2.10. The van der Waals surface area contributed by atoms with Crippen molar-refractivity contribution < 1.29 is 9.59 Å². The molecule has 0 spiro atoms. The maximum Gasteiger partial charge on any atom is 0.255 e. The largest absolute Gasteiger partial charge is 0.399 e. The molecule has 1 aromatic carbocycles. The van der Waals surface area contributed by atoms with Crippen molar-refractivity contribution in [1.82, 2.24) is 10.6 Å². The first-order valence-corrected chi connectivity index (χ1v) is 7.17. The summed E-state index contributed by atoms with van der Waals surface area (Å²) >= 11 is 0. The molecule has 1 amide bonds. The van der Waals surface area contributed by atoms with Crippen LogP contribution in [0.2, 0.25) is 0 Å². The molecule has 1 aliphatic heterocycles.